The normalized spacial score (nSPS) is 10.9. The highest BCUT2D eigenvalue weighted by molar-refractivity contribution is 5.97. The minimum atomic E-state index is -0.170. The number of benzene rings is 2. The number of hydrogen-bond acceptors (Lipinski definition) is 6. The lowest BCUT2D eigenvalue weighted by Crippen LogP contribution is -2.28. The number of H-pyrrole nitrogens is 1. The van der Waals surface area contributed by atoms with E-state index in [1.165, 1.54) is 0 Å². The van der Waals surface area contributed by atoms with E-state index in [4.69, 9.17) is 9.26 Å². The molecule has 0 atom stereocenters. The molecule has 2 aromatic heterocycles. The van der Waals surface area contributed by atoms with Gasteiger partial charge in [0, 0.05) is 5.56 Å². The van der Waals surface area contributed by atoms with Gasteiger partial charge in [0.05, 0.1) is 29.5 Å². The van der Waals surface area contributed by atoms with Crippen molar-refractivity contribution in [2.24, 2.45) is 0 Å². The van der Waals surface area contributed by atoms with Crippen LogP contribution >= 0.6 is 0 Å². The Kier molecular flexibility index (Phi) is 4.52. The molecule has 2 N–H and O–H groups in total. The monoisotopic (exact) mass is 363 g/mol. The molecule has 136 valence electrons. The van der Waals surface area contributed by atoms with Gasteiger partial charge < -0.3 is 19.6 Å². The minimum absolute atomic E-state index is 0.170. The highest BCUT2D eigenvalue weighted by atomic mass is 16.5. The maximum absolute atomic E-state index is 12.3. The lowest BCUT2D eigenvalue weighted by Gasteiger charge is -2.10. The van der Waals surface area contributed by atoms with Gasteiger partial charge in [0.25, 0.3) is 11.8 Å². The molecule has 0 bridgehead atoms. The van der Waals surface area contributed by atoms with Crippen LogP contribution in [-0.4, -0.2) is 39.2 Å². The Bertz CT molecular complexity index is 1090. The van der Waals surface area contributed by atoms with Gasteiger partial charge in [-0.2, -0.15) is 4.98 Å². The maximum Gasteiger partial charge on any atom is 0.261 e. The molecular weight excluding hydrogens is 346 g/mol. The predicted molar refractivity (Wildman–Crippen MR) is 98.4 cm³/mol. The number of hydrogen-bond donors (Lipinski definition) is 2. The maximum atomic E-state index is 12.3. The molecule has 4 aromatic rings. The quantitative estimate of drug-likeness (QED) is 0.510. The summed E-state index contributed by atoms with van der Waals surface area (Å²) in [4.78, 5) is 23.6. The number of aryl methyl sites for hydroxylation is 1. The molecule has 0 saturated heterocycles. The fraction of sp³-hybridized carbons (Fsp3) is 0.158. The number of carbonyl (C=O) groups excluding carboxylic acids is 1. The molecule has 0 spiro atoms. The Balaban J connectivity index is 1.35. The largest absolute Gasteiger partial charge is 0.491 e. The predicted octanol–water partition coefficient (Wildman–Crippen LogP) is 2.73. The Morgan fingerprint density at radius 1 is 1.26 bits per heavy atom. The van der Waals surface area contributed by atoms with E-state index in [0.29, 0.717) is 41.7 Å². The van der Waals surface area contributed by atoms with E-state index in [1.807, 2.05) is 24.3 Å². The summed E-state index contributed by atoms with van der Waals surface area (Å²) in [5.41, 5.74) is 2.92. The summed E-state index contributed by atoms with van der Waals surface area (Å²) in [7, 11) is 0. The summed E-state index contributed by atoms with van der Waals surface area (Å²) < 4.78 is 11.0. The second-order valence-electron chi connectivity index (χ2n) is 5.88. The average Bonchev–Trinajstić information content (AvgIpc) is 3.33. The Morgan fingerprint density at radius 3 is 3.00 bits per heavy atom. The molecule has 0 aliphatic heterocycles. The zero-order valence-corrected chi connectivity index (χ0v) is 14.6. The van der Waals surface area contributed by atoms with Gasteiger partial charge in [0.15, 0.2) is 5.82 Å². The Morgan fingerprint density at radius 2 is 2.15 bits per heavy atom. The fourth-order valence-corrected chi connectivity index (χ4v) is 2.68. The van der Waals surface area contributed by atoms with Crippen molar-refractivity contribution in [3.63, 3.8) is 0 Å². The van der Waals surface area contributed by atoms with Gasteiger partial charge in [-0.3, -0.25) is 4.79 Å². The first-order chi connectivity index (χ1) is 13.2. The van der Waals surface area contributed by atoms with Crippen molar-refractivity contribution >= 4 is 16.9 Å². The summed E-state index contributed by atoms with van der Waals surface area (Å²) in [6, 6.07) is 12.7. The van der Waals surface area contributed by atoms with Crippen LogP contribution in [0.2, 0.25) is 0 Å². The molecule has 0 aliphatic rings. The molecule has 4 rings (SSSR count). The van der Waals surface area contributed by atoms with Crippen molar-refractivity contribution in [1.29, 1.82) is 0 Å². The summed E-state index contributed by atoms with van der Waals surface area (Å²) in [6.07, 6.45) is 1.60. The second-order valence-corrected chi connectivity index (χ2v) is 5.88. The number of aromatic nitrogens is 4. The third-order valence-corrected chi connectivity index (χ3v) is 3.97. The molecule has 8 nitrogen and oxygen atoms in total. The average molecular weight is 363 g/mol. The van der Waals surface area contributed by atoms with Crippen LogP contribution in [0.15, 0.2) is 53.3 Å². The van der Waals surface area contributed by atoms with Gasteiger partial charge in [-0.1, -0.05) is 17.3 Å². The van der Waals surface area contributed by atoms with Gasteiger partial charge in [-0.05, 0) is 37.3 Å². The third kappa shape index (κ3) is 3.64. The van der Waals surface area contributed by atoms with Crippen LogP contribution in [0.3, 0.4) is 0 Å². The van der Waals surface area contributed by atoms with E-state index < -0.39 is 0 Å². The lowest BCUT2D eigenvalue weighted by molar-refractivity contribution is 0.0947. The first-order valence-corrected chi connectivity index (χ1v) is 8.44. The van der Waals surface area contributed by atoms with Crippen LogP contribution in [-0.2, 0) is 0 Å². The van der Waals surface area contributed by atoms with Crippen molar-refractivity contribution < 1.29 is 14.1 Å². The summed E-state index contributed by atoms with van der Waals surface area (Å²) >= 11 is 0. The number of aromatic amines is 1. The molecular formula is C19H17N5O3. The van der Waals surface area contributed by atoms with Crippen LogP contribution in [0.25, 0.3) is 22.5 Å². The smallest absolute Gasteiger partial charge is 0.261 e. The molecule has 0 fully saturated rings. The molecule has 2 heterocycles. The topological polar surface area (TPSA) is 106 Å². The highest BCUT2D eigenvalue weighted by Gasteiger charge is 2.12. The summed E-state index contributed by atoms with van der Waals surface area (Å²) in [5.74, 6) is 1.41. The number of imidazole rings is 1. The summed E-state index contributed by atoms with van der Waals surface area (Å²) in [6.45, 7) is 2.42. The SMILES string of the molecule is Cc1noc(-c2ccccc2OCCNC(=O)c2ccc3nc[nH]c3c2)n1. The van der Waals surface area contributed by atoms with Crippen LogP contribution in [0.5, 0.6) is 5.75 Å². The standard InChI is InChI=1S/C19H17N5O3/c1-12-23-19(27-24-12)14-4-2-3-5-17(14)26-9-8-20-18(25)13-6-7-15-16(10-13)22-11-21-15/h2-7,10-11H,8-9H2,1H3,(H,20,25)(H,21,22). The zero-order valence-electron chi connectivity index (χ0n) is 14.6. The molecule has 27 heavy (non-hydrogen) atoms. The molecule has 0 unspecified atom stereocenters. The second kappa shape index (κ2) is 7.28. The number of para-hydroxylation sites is 1. The zero-order chi connectivity index (χ0) is 18.6. The van der Waals surface area contributed by atoms with Gasteiger partial charge in [-0.25, -0.2) is 4.98 Å². The van der Waals surface area contributed by atoms with Crippen LogP contribution in [0.1, 0.15) is 16.2 Å². The molecule has 0 radical (unpaired) electrons. The summed E-state index contributed by atoms with van der Waals surface area (Å²) in [5, 5.41) is 6.64. The van der Waals surface area contributed by atoms with E-state index in [-0.39, 0.29) is 5.91 Å². The van der Waals surface area contributed by atoms with E-state index in [1.54, 1.807) is 31.5 Å². The van der Waals surface area contributed by atoms with E-state index in [0.717, 1.165) is 11.0 Å². The molecule has 0 aliphatic carbocycles. The van der Waals surface area contributed by atoms with Crippen LogP contribution < -0.4 is 10.1 Å². The number of amides is 1. The van der Waals surface area contributed by atoms with Crippen molar-refractivity contribution in [2.45, 2.75) is 6.92 Å². The van der Waals surface area contributed by atoms with Crippen molar-refractivity contribution in [2.75, 3.05) is 13.2 Å². The number of nitrogens with one attached hydrogen (secondary N) is 2. The van der Waals surface area contributed by atoms with Crippen molar-refractivity contribution in [3.05, 3.63) is 60.2 Å². The molecule has 2 aromatic carbocycles. The van der Waals surface area contributed by atoms with Crippen molar-refractivity contribution in [3.8, 4) is 17.2 Å². The minimum Gasteiger partial charge on any atom is -0.491 e. The lowest BCUT2D eigenvalue weighted by atomic mass is 10.2. The molecule has 1 amide bonds. The van der Waals surface area contributed by atoms with E-state index >= 15 is 0 Å². The number of rotatable bonds is 6. The van der Waals surface area contributed by atoms with E-state index in [9.17, 15) is 4.79 Å². The Labute approximate surface area is 154 Å². The van der Waals surface area contributed by atoms with Gasteiger partial charge in [0.1, 0.15) is 12.4 Å². The van der Waals surface area contributed by atoms with Crippen molar-refractivity contribution in [1.82, 2.24) is 25.4 Å². The number of ether oxygens (including phenoxy) is 1. The van der Waals surface area contributed by atoms with Gasteiger partial charge in [-0.15, -0.1) is 0 Å². The first kappa shape index (κ1) is 16.8. The van der Waals surface area contributed by atoms with Gasteiger partial charge in [0.2, 0.25) is 0 Å². The highest BCUT2D eigenvalue weighted by Crippen LogP contribution is 2.28. The molecule has 0 saturated carbocycles. The number of nitrogens with zero attached hydrogens (tertiary/aromatic N) is 3. The third-order valence-electron chi connectivity index (χ3n) is 3.97. The fourth-order valence-electron chi connectivity index (χ4n) is 2.68. The Hall–Kier alpha value is -3.68. The van der Waals surface area contributed by atoms with Crippen LogP contribution in [0.4, 0.5) is 0 Å². The number of carbonyl (C=O) groups is 1. The van der Waals surface area contributed by atoms with Gasteiger partial charge >= 0.3 is 0 Å². The first-order valence-electron chi connectivity index (χ1n) is 8.44. The molecule has 8 heteroatoms. The van der Waals surface area contributed by atoms with E-state index in [2.05, 4.69) is 25.4 Å². The number of fused-ring (bicyclic) bond motifs is 1. The van der Waals surface area contributed by atoms with Crippen LogP contribution in [0, 0.1) is 6.92 Å².